The normalized spacial score (nSPS) is 22.3. The van der Waals surface area contributed by atoms with Crippen LogP contribution in [-0.2, 0) is 35.1 Å². The van der Waals surface area contributed by atoms with Crippen LogP contribution in [0.25, 0.3) is 0 Å². The van der Waals surface area contributed by atoms with E-state index in [1.807, 2.05) is 6.92 Å². The Morgan fingerprint density at radius 3 is 2.28 bits per heavy atom. The number of esters is 1. The molecule has 2 aliphatic rings. The summed E-state index contributed by atoms with van der Waals surface area (Å²) in [5.41, 5.74) is -0.467. The quantitative estimate of drug-likeness (QED) is 0.361. The maximum Gasteiger partial charge on any atom is 0.336 e. The second-order valence-corrected chi connectivity index (χ2v) is 12.2. The molecule has 10 heteroatoms. The fraction of sp³-hybridized carbons (Fsp3) is 0.192. The number of carbonyl (C=O) groups is 1. The van der Waals surface area contributed by atoms with Gasteiger partial charge in [0.25, 0.3) is 10.0 Å². The highest BCUT2D eigenvalue weighted by atomic mass is 32.2. The van der Waals surface area contributed by atoms with Crippen molar-refractivity contribution in [1.82, 2.24) is 4.31 Å². The van der Waals surface area contributed by atoms with Crippen molar-refractivity contribution in [3.8, 4) is 0 Å². The molecule has 0 spiro atoms. The van der Waals surface area contributed by atoms with Gasteiger partial charge in [-0.3, -0.25) is 0 Å². The number of benzene rings is 3. The lowest BCUT2D eigenvalue weighted by Gasteiger charge is -2.55. The van der Waals surface area contributed by atoms with Crippen molar-refractivity contribution >= 4 is 31.7 Å². The molecule has 2 heterocycles. The second-order valence-electron chi connectivity index (χ2n) is 8.58. The highest BCUT2D eigenvalue weighted by Crippen LogP contribution is 2.60. The van der Waals surface area contributed by atoms with Gasteiger partial charge in [0.15, 0.2) is 5.54 Å². The third-order valence-electron chi connectivity index (χ3n) is 6.52. The number of hydrogen-bond donors (Lipinski definition) is 0. The minimum atomic E-state index is -4.29. The predicted molar refractivity (Wildman–Crippen MR) is 134 cm³/mol. The number of nitrogens with zero attached hydrogens (tertiary/aromatic N) is 2. The molecule has 0 amide bonds. The number of fused-ring (bicyclic) bond motifs is 3. The van der Waals surface area contributed by atoms with Crippen LogP contribution in [0.4, 0.5) is 5.69 Å². The van der Waals surface area contributed by atoms with E-state index >= 15 is 0 Å². The Bertz CT molecular complexity index is 1580. The zero-order valence-corrected chi connectivity index (χ0v) is 21.3. The highest BCUT2D eigenvalue weighted by molar-refractivity contribution is 7.93. The number of sulfonamides is 2. The molecule has 3 aromatic rings. The standard InChI is InChI=1S/C26H24N2O6S2/c1-4-34-25(29)26-19(3)24(28(26)36(32,33)23-13-9-8-12-22(23)26)27(20-10-6-5-7-11-20)35(30,31)21-16-14-18(2)15-17-21/h5-17,24H,3-4H2,1-2H3/t24-,26-/m0/s1. The van der Waals surface area contributed by atoms with E-state index in [0.29, 0.717) is 0 Å². The van der Waals surface area contributed by atoms with Gasteiger partial charge >= 0.3 is 5.97 Å². The lowest BCUT2D eigenvalue weighted by molar-refractivity contribution is -0.158. The summed E-state index contributed by atoms with van der Waals surface area (Å²) in [6.45, 7) is 7.54. The van der Waals surface area contributed by atoms with Crippen LogP contribution in [0.3, 0.4) is 0 Å². The van der Waals surface area contributed by atoms with Gasteiger partial charge in [0.1, 0.15) is 6.17 Å². The molecule has 1 saturated heterocycles. The van der Waals surface area contributed by atoms with Crippen LogP contribution in [0.2, 0.25) is 0 Å². The van der Waals surface area contributed by atoms with Crippen molar-refractivity contribution < 1.29 is 26.4 Å². The number of para-hydroxylation sites is 1. The Kier molecular flexibility index (Phi) is 5.58. The molecule has 186 valence electrons. The average molecular weight is 525 g/mol. The van der Waals surface area contributed by atoms with Gasteiger partial charge in [-0.25, -0.2) is 25.9 Å². The first-order chi connectivity index (χ1) is 17.1. The van der Waals surface area contributed by atoms with Crippen molar-refractivity contribution in [2.45, 2.75) is 35.3 Å². The largest absolute Gasteiger partial charge is 0.464 e. The Morgan fingerprint density at radius 2 is 1.64 bits per heavy atom. The number of hydrogen-bond acceptors (Lipinski definition) is 6. The van der Waals surface area contributed by atoms with Crippen molar-refractivity contribution in [2.75, 3.05) is 10.9 Å². The molecule has 3 aromatic carbocycles. The fourth-order valence-electron chi connectivity index (χ4n) is 4.90. The Hall–Kier alpha value is -3.47. The lowest BCUT2D eigenvalue weighted by Crippen LogP contribution is -2.73. The van der Waals surface area contributed by atoms with Gasteiger partial charge in [-0.2, -0.15) is 0 Å². The van der Waals surface area contributed by atoms with Crippen molar-refractivity contribution in [1.29, 1.82) is 0 Å². The van der Waals surface area contributed by atoms with Gasteiger partial charge in [0.2, 0.25) is 10.0 Å². The van der Waals surface area contributed by atoms with Gasteiger partial charge in [-0.15, -0.1) is 4.31 Å². The van der Waals surface area contributed by atoms with E-state index in [1.54, 1.807) is 61.5 Å². The molecule has 0 aromatic heterocycles. The van der Waals surface area contributed by atoms with Crippen molar-refractivity contribution in [2.24, 2.45) is 0 Å². The monoisotopic (exact) mass is 524 g/mol. The van der Waals surface area contributed by atoms with Gasteiger partial charge in [0, 0.05) is 5.56 Å². The Morgan fingerprint density at radius 1 is 1.03 bits per heavy atom. The van der Waals surface area contributed by atoms with Crippen LogP contribution < -0.4 is 4.31 Å². The molecule has 5 rings (SSSR count). The van der Waals surface area contributed by atoms with Crippen LogP contribution >= 0.6 is 0 Å². The first kappa shape index (κ1) is 24.2. The third-order valence-corrected chi connectivity index (χ3v) is 10.2. The molecule has 2 aliphatic heterocycles. The molecule has 8 nitrogen and oxygen atoms in total. The maximum absolute atomic E-state index is 14.0. The third kappa shape index (κ3) is 3.11. The van der Waals surface area contributed by atoms with E-state index in [-0.39, 0.29) is 33.2 Å². The van der Waals surface area contributed by atoms with E-state index in [9.17, 15) is 21.6 Å². The summed E-state index contributed by atoms with van der Waals surface area (Å²) >= 11 is 0. The van der Waals surface area contributed by atoms with E-state index in [0.717, 1.165) is 14.2 Å². The van der Waals surface area contributed by atoms with Crippen molar-refractivity contribution in [3.63, 3.8) is 0 Å². The van der Waals surface area contributed by atoms with Gasteiger partial charge < -0.3 is 4.74 Å². The molecule has 36 heavy (non-hydrogen) atoms. The molecule has 0 radical (unpaired) electrons. The van der Waals surface area contributed by atoms with E-state index in [2.05, 4.69) is 6.58 Å². The summed E-state index contributed by atoms with van der Waals surface area (Å²) in [6, 6.07) is 20.5. The van der Waals surface area contributed by atoms with E-state index in [4.69, 9.17) is 4.74 Å². The minimum absolute atomic E-state index is 0.0125. The Balaban J connectivity index is 1.76. The molecular weight excluding hydrogens is 500 g/mol. The van der Waals surface area contributed by atoms with Gasteiger partial charge in [0.05, 0.1) is 22.1 Å². The molecular formula is C26H24N2O6S2. The predicted octanol–water partition coefficient (Wildman–Crippen LogP) is 3.55. The summed E-state index contributed by atoms with van der Waals surface area (Å²) < 4.78 is 63.0. The smallest absolute Gasteiger partial charge is 0.336 e. The first-order valence-electron chi connectivity index (χ1n) is 11.3. The number of carbonyl (C=O) groups excluding carboxylic acids is 1. The van der Waals surface area contributed by atoms with E-state index in [1.165, 1.54) is 24.3 Å². The van der Waals surface area contributed by atoms with Gasteiger partial charge in [-0.1, -0.05) is 60.7 Å². The second kappa shape index (κ2) is 8.29. The van der Waals surface area contributed by atoms with Crippen LogP contribution in [0.5, 0.6) is 0 Å². The maximum atomic E-state index is 14.0. The van der Waals surface area contributed by atoms with Crippen LogP contribution in [0.15, 0.2) is 101 Å². The van der Waals surface area contributed by atoms with Crippen LogP contribution in [0, 0.1) is 6.92 Å². The van der Waals surface area contributed by atoms with Crippen LogP contribution in [-0.4, -0.2) is 39.9 Å². The molecule has 0 unspecified atom stereocenters. The molecule has 0 saturated carbocycles. The molecule has 0 N–H and O–H groups in total. The number of rotatable bonds is 6. The summed E-state index contributed by atoms with van der Waals surface area (Å²) in [5, 5.41) is 0. The van der Waals surface area contributed by atoms with Crippen molar-refractivity contribution in [3.05, 3.63) is 102 Å². The Labute approximate surface area is 210 Å². The summed E-state index contributed by atoms with van der Waals surface area (Å²) in [6.07, 6.45) is -1.39. The zero-order valence-electron chi connectivity index (χ0n) is 19.7. The summed E-state index contributed by atoms with van der Waals surface area (Å²) in [5.74, 6) is -0.819. The zero-order chi connectivity index (χ0) is 25.9. The SMILES string of the molecule is C=C1[C@@H](N(c2ccccc2)S(=O)(=O)c2ccc(C)cc2)N2[C@]1(C(=O)OCC)c1ccccc1S2(=O)=O. The average Bonchev–Trinajstić information content (AvgIpc) is 3.04. The summed E-state index contributed by atoms with van der Waals surface area (Å²) in [7, 11) is -8.58. The van der Waals surface area contributed by atoms with Gasteiger partial charge in [-0.05, 0) is 49.8 Å². The lowest BCUT2D eigenvalue weighted by atomic mass is 9.74. The van der Waals surface area contributed by atoms with Crippen LogP contribution in [0.1, 0.15) is 18.1 Å². The highest BCUT2D eigenvalue weighted by Gasteiger charge is 2.74. The number of ether oxygens (including phenoxy) is 1. The molecule has 1 fully saturated rings. The van der Waals surface area contributed by atoms with E-state index < -0.39 is 37.7 Å². The number of anilines is 1. The topological polar surface area (TPSA) is 101 Å². The molecule has 0 aliphatic carbocycles. The number of aryl methyl sites for hydroxylation is 1. The fourth-order valence-corrected chi connectivity index (χ4v) is 8.64. The first-order valence-corrected chi connectivity index (χ1v) is 14.1. The summed E-state index contributed by atoms with van der Waals surface area (Å²) in [4.78, 5) is 13.3. The molecule has 2 atom stereocenters. The minimum Gasteiger partial charge on any atom is -0.464 e. The molecule has 0 bridgehead atoms.